The van der Waals surface area contributed by atoms with Gasteiger partial charge in [0, 0.05) is 6.08 Å². The molecule has 7 heteroatoms. The van der Waals surface area contributed by atoms with Crippen molar-refractivity contribution in [2.75, 3.05) is 6.61 Å². The van der Waals surface area contributed by atoms with E-state index in [0.29, 0.717) is 5.56 Å². The highest BCUT2D eigenvalue weighted by atomic mass is 19.4. The average Bonchev–Trinajstić information content (AvgIpc) is 2.86. The van der Waals surface area contributed by atoms with E-state index in [1.54, 1.807) is 13.8 Å². The molecule has 2 aromatic rings. The topological polar surface area (TPSA) is 52.3 Å². The third-order valence-electron chi connectivity index (χ3n) is 2.91. The van der Waals surface area contributed by atoms with Crippen molar-refractivity contribution in [2.45, 2.75) is 20.0 Å². The fourth-order valence-corrected chi connectivity index (χ4v) is 1.86. The van der Waals surface area contributed by atoms with E-state index < -0.39 is 17.7 Å². The quantitative estimate of drug-likeness (QED) is 0.784. The van der Waals surface area contributed by atoms with E-state index >= 15 is 0 Å². The largest absolute Gasteiger partial charge is 0.461 e. The molecule has 1 heterocycles. The number of benzene rings is 1. The fraction of sp³-hybridized carbons (Fsp3) is 0.250. The van der Waals surface area contributed by atoms with Gasteiger partial charge < -0.3 is 9.15 Å². The van der Waals surface area contributed by atoms with Gasteiger partial charge in [0.05, 0.1) is 12.2 Å². The van der Waals surface area contributed by atoms with Crippen LogP contribution >= 0.6 is 0 Å². The van der Waals surface area contributed by atoms with E-state index in [4.69, 9.17) is 9.15 Å². The normalized spacial score (nSPS) is 11.9. The molecule has 0 bridgehead atoms. The molecule has 1 aromatic carbocycles. The molecule has 0 fully saturated rings. The predicted molar refractivity (Wildman–Crippen MR) is 77.6 cm³/mol. The number of esters is 1. The highest BCUT2D eigenvalue weighted by molar-refractivity contribution is 5.88. The molecule has 0 saturated heterocycles. The van der Waals surface area contributed by atoms with Crippen LogP contribution in [0.5, 0.6) is 0 Å². The molecule has 0 aliphatic rings. The molecule has 1 aromatic heterocycles. The van der Waals surface area contributed by atoms with Gasteiger partial charge in [0.2, 0.25) is 5.89 Å². The van der Waals surface area contributed by atoms with Crippen LogP contribution in [0.25, 0.3) is 12.2 Å². The van der Waals surface area contributed by atoms with Crippen LogP contribution in [0.1, 0.15) is 40.2 Å². The van der Waals surface area contributed by atoms with E-state index in [1.165, 1.54) is 24.3 Å². The monoisotopic (exact) mass is 325 g/mol. The summed E-state index contributed by atoms with van der Waals surface area (Å²) in [6, 6.07) is 4.84. The van der Waals surface area contributed by atoms with Crippen LogP contribution in [0.4, 0.5) is 13.2 Å². The number of halogens is 3. The Kier molecular flexibility index (Phi) is 4.88. The van der Waals surface area contributed by atoms with Crippen molar-refractivity contribution in [3.63, 3.8) is 0 Å². The Hall–Kier alpha value is -2.57. The SMILES string of the molecule is CCOC(=O)c1nc(C=Cc2cccc(C(F)(F)F)c2)oc1C. The molecule has 0 N–H and O–H groups in total. The van der Waals surface area contributed by atoms with Gasteiger partial charge in [-0.2, -0.15) is 13.2 Å². The average molecular weight is 325 g/mol. The summed E-state index contributed by atoms with van der Waals surface area (Å²) in [5, 5.41) is 0. The predicted octanol–water partition coefficient (Wildman–Crippen LogP) is 4.35. The molecule has 0 amide bonds. The first-order valence-corrected chi connectivity index (χ1v) is 6.81. The van der Waals surface area contributed by atoms with E-state index in [0.717, 1.165) is 12.1 Å². The van der Waals surface area contributed by atoms with Crippen molar-refractivity contribution in [1.82, 2.24) is 4.98 Å². The second kappa shape index (κ2) is 6.68. The maximum atomic E-state index is 12.6. The number of nitrogens with zero attached hydrogens (tertiary/aromatic N) is 1. The molecule has 0 unspecified atom stereocenters. The summed E-state index contributed by atoms with van der Waals surface area (Å²) in [6.45, 7) is 3.43. The molecule has 0 aliphatic heterocycles. The van der Waals surface area contributed by atoms with E-state index in [-0.39, 0.29) is 24.0 Å². The van der Waals surface area contributed by atoms with E-state index in [2.05, 4.69) is 4.98 Å². The summed E-state index contributed by atoms with van der Waals surface area (Å²) >= 11 is 0. The molecule has 0 saturated carbocycles. The lowest BCUT2D eigenvalue weighted by Crippen LogP contribution is -2.06. The molecule has 0 spiro atoms. The Morgan fingerprint density at radius 2 is 2.09 bits per heavy atom. The summed E-state index contributed by atoms with van der Waals surface area (Å²) in [7, 11) is 0. The summed E-state index contributed by atoms with van der Waals surface area (Å²) < 4.78 is 48.0. The molecule has 4 nitrogen and oxygen atoms in total. The second-order valence-corrected chi connectivity index (χ2v) is 4.63. The standard InChI is InChI=1S/C16H14F3NO3/c1-3-22-15(21)14-10(2)23-13(20-14)8-7-11-5-4-6-12(9-11)16(17,18)19/h4-9H,3H2,1-2H3. The number of aromatic nitrogens is 1. The third kappa shape index (κ3) is 4.21. The first kappa shape index (κ1) is 16.8. The highest BCUT2D eigenvalue weighted by Crippen LogP contribution is 2.29. The minimum absolute atomic E-state index is 0.0514. The number of oxazole rings is 1. The first-order chi connectivity index (χ1) is 10.8. The lowest BCUT2D eigenvalue weighted by molar-refractivity contribution is -0.137. The van der Waals surface area contributed by atoms with Gasteiger partial charge in [0.25, 0.3) is 0 Å². The number of ether oxygens (including phenoxy) is 1. The van der Waals surface area contributed by atoms with E-state index in [9.17, 15) is 18.0 Å². The van der Waals surface area contributed by atoms with Gasteiger partial charge >= 0.3 is 12.1 Å². The summed E-state index contributed by atoms with van der Waals surface area (Å²) in [5.41, 5.74) is -0.348. The Labute approximate surface area is 130 Å². The molecular formula is C16H14F3NO3. The van der Waals surface area contributed by atoms with Crippen LogP contribution in [0, 0.1) is 6.92 Å². The summed E-state index contributed by atoms with van der Waals surface area (Å²) in [6.07, 6.45) is -1.58. The van der Waals surface area contributed by atoms with Gasteiger partial charge in [0.15, 0.2) is 5.69 Å². The van der Waals surface area contributed by atoms with Crippen molar-refractivity contribution in [3.05, 3.63) is 52.7 Å². The minimum Gasteiger partial charge on any atom is -0.461 e. The number of carbonyl (C=O) groups is 1. The van der Waals surface area contributed by atoms with Gasteiger partial charge in [-0.25, -0.2) is 9.78 Å². The zero-order valence-corrected chi connectivity index (χ0v) is 12.5. The highest BCUT2D eigenvalue weighted by Gasteiger charge is 2.30. The van der Waals surface area contributed by atoms with Crippen molar-refractivity contribution in [1.29, 1.82) is 0 Å². The van der Waals surface area contributed by atoms with Crippen LogP contribution < -0.4 is 0 Å². The maximum absolute atomic E-state index is 12.6. The number of hydrogen-bond acceptors (Lipinski definition) is 4. The van der Waals surface area contributed by atoms with Gasteiger partial charge in [-0.1, -0.05) is 12.1 Å². The van der Waals surface area contributed by atoms with E-state index in [1.807, 2.05) is 0 Å². The maximum Gasteiger partial charge on any atom is 0.416 e. The molecule has 122 valence electrons. The van der Waals surface area contributed by atoms with Gasteiger partial charge in [-0.05, 0) is 37.6 Å². The Morgan fingerprint density at radius 3 is 2.74 bits per heavy atom. The van der Waals surface area contributed by atoms with Crippen molar-refractivity contribution < 1.29 is 27.1 Å². The molecule has 2 rings (SSSR count). The number of aryl methyl sites for hydroxylation is 1. The number of hydrogen-bond donors (Lipinski definition) is 0. The summed E-state index contributed by atoms with van der Waals surface area (Å²) in [4.78, 5) is 15.6. The Bertz CT molecular complexity index is 732. The van der Waals surface area contributed by atoms with Crippen LogP contribution in [0.15, 0.2) is 28.7 Å². The van der Waals surface area contributed by atoms with Crippen LogP contribution in [0.3, 0.4) is 0 Å². The minimum atomic E-state index is -4.40. The number of rotatable bonds is 4. The molecule has 0 aliphatic carbocycles. The van der Waals surface area contributed by atoms with Crippen molar-refractivity contribution >= 4 is 18.1 Å². The van der Waals surface area contributed by atoms with Crippen molar-refractivity contribution in [3.8, 4) is 0 Å². The van der Waals surface area contributed by atoms with Gasteiger partial charge in [-0.3, -0.25) is 0 Å². The van der Waals surface area contributed by atoms with Crippen LogP contribution in [-0.4, -0.2) is 17.6 Å². The summed E-state index contributed by atoms with van der Waals surface area (Å²) in [5.74, 6) is -0.206. The molecular weight excluding hydrogens is 311 g/mol. The third-order valence-corrected chi connectivity index (χ3v) is 2.91. The smallest absolute Gasteiger partial charge is 0.416 e. The second-order valence-electron chi connectivity index (χ2n) is 4.63. The molecule has 23 heavy (non-hydrogen) atoms. The lowest BCUT2D eigenvalue weighted by atomic mass is 10.1. The molecule has 0 radical (unpaired) electrons. The number of alkyl halides is 3. The first-order valence-electron chi connectivity index (χ1n) is 6.81. The van der Waals surface area contributed by atoms with Crippen molar-refractivity contribution in [2.24, 2.45) is 0 Å². The van der Waals surface area contributed by atoms with Gasteiger partial charge in [-0.15, -0.1) is 0 Å². The zero-order chi connectivity index (χ0) is 17.0. The van der Waals surface area contributed by atoms with Gasteiger partial charge in [0.1, 0.15) is 5.76 Å². The van der Waals surface area contributed by atoms with Crippen LogP contribution in [0.2, 0.25) is 0 Å². The van der Waals surface area contributed by atoms with Crippen LogP contribution in [-0.2, 0) is 10.9 Å². The number of carbonyl (C=O) groups excluding carboxylic acids is 1. The molecule has 0 atom stereocenters. The Morgan fingerprint density at radius 1 is 1.35 bits per heavy atom. The Balaban J connectivity index is 2.21. The fourth-order valence-electron chi connectivity index (χ4n) is 1.86. The lowest BCUT2D eigenvalue weighted by Gasteiger charge is -2.06. The zero-order valence-electron chi connectivity index (χ0n) is 12.5.